The van der Waals surface area contributed by atoms with Gasteiger partial charge in [-0.15, -0.1) is 0 Å². The molecule has 158 valence electrons. The number of sulfone groups is 1. The van der Waals surface area contributed by atoms with Crippen molar-refractivity contribution in [2.24, 2.45) is 0 Å². The number of carbonyl (C=O) groups excluding carboxylic acids is 1. The van der Waals surface area contributed by atoms with Crippen molar-refractivity contribution in [2.75, 3.05) is 5.75 Å². The molecule has 1 aliphatic heterocycles. The van der Waals surface area contributed by atoms with Gasteiger partial charge in [0.15, 0.2) is 9.84 Å². The first-order valence-corrected chi connectivity index (χ1v) is 11.6. The molecular weight excluding hydrogens is 412 g/mol. The van der Waals surface area contributed by atoms with E-state index in [4.69, 9.17) is 4.74 Å². The number of rotatable bonds is 7. The van der Waals surface area contributed by atoms with E-state index in [9.17, 15) is 13.2 Å². The van der Waals surface area contributed by atoms with Crippen LogP contribution in [0, 0.1) is 0 Å². The Morgan fingerprint density at radius 2 is 1.71 bits per heavy atom. The first kappa shape index (κ1) is 20.8. The number of benzene rings is 2. The SMILES string of the molecule is O=C(Cc1cccc(Oc2ccccc2)c1)N(Cc1ccncc1)C1C=CS(=O)(=O)C1. The average Bonchev–Trinajstić information content (AvgIpc) is 3.13. The maximum absolute atomic E-state index is 13.2. The second kappa shape index (κ2) is 9.14. The van der Waals surface area contributed by atoms with Crippen LogP contribution in [-0.2, 0) is 27.6 Å². The Balaban J connectivity index is 1.52. The molecule has 3 aromatic rings. The second-order valence-corrected chi connectivity index (χ2v) is 9.27. The molecule has 1 amide bonds. The Bertz CT molecular complexity index is 1180. The van der Waals surface area contributed by atoms with Crippen molar-refractivity contribution in [3.8, 4) is 11.5 Å². The summed E-state index contributed by atoms with van der Waals surface area (Å²) in [7, 11) is -3.29. The molecule has 1 aromatic heterocycles. The van der Waals surface area contributed by atoms with Crippen molar-refractivity contribution in [2.45, 2.75) is 19.0 Å². The van der Waals surface area contributed by atoms with Gasteiger partial charge in [-0.1, -0.05) is 30.3 Å². The van der Waals surface area contributed by atoms with Gasteiger partial charge in [0, 0.05) is 24.3 Å². The van der Waals surface area contributed by atoms with E-state index in [2.05, 4.69) is 4.98 Å². The third-order valence-electron chi connectivity index (χ3n) is 4.97. The summed E-state index contributed by atoms with van der Waals surface area (Å²) in [6, 6.07) is 19.9. The van der Waals surface area contributed by atoms with Gasteiger partial charge in [0.1, 0.15) is 11.5 Å². The van der Waals surface area contributed by atoms with Crippen molar-refractivity contribution in [1.82, 2.24) is 9.88 Å². The van der Waals surface area contributed by atoms with Crippen LogP contribution in [0.5, 0.6) is 11.5 Å². The van der Waals surface area contributed by atoms with Crippen LogP contribution in [-0.4, -0.2) is 36.0 Å². The molecule has 0 N–H and O–H groups in total. The zero-order chi connectivity index (χ0) is 21.7. The molecular formula is C24H22N2O4S. The van der Waals surface area contributed by atoms with Crippen molar-refractivity contribution >= 4 is 15.7 Å². The quantitative estimate of drug-likeness (QED) is 0.566. The smallest absolute Gasteiger partial charge is 0.227 e. The third kappa shape index (κ3) is 5.58. The molecule has 0 spiro atoms. The molecule has 2 heterocycles. The zero-order valence-corrected chi connectivity index (χ0v) is 17.6. The van der Waals surface area contributed by atoms with Crippen molar-refractivity contribution in [1.29, 1.82) is 0 Å². The number of carbonyl (C=O) groups is 1. The summed E-state index contributed by atoms with van der Waals surface area (Å²) in [6.07, 6.45) is 5.04. The van der Waals surface area contributed by atoms with Crippen LogP contribution in [0.4, 0.5) is 0 Å². The summed E-state index contributed by atoms with van der Waals surface area (Å²) in [5, 5.41) is 1.19. The molecule has 0 aliphatic carbocycles. The minimum Gasteiger partial charge on any atom is -0.457 e. The van der Waals surface area contributed by atoms with Gasteiger partial charge >= 0.3 is 0 Å². The highest BCUT2D eigenvalue weighted by Gasteiger charge is 2.30. The molecule has 0 fully saturated rings. The first-order chi connectivity index (χ1) is 15.0. The average molecular weight is 435 g/mol. The monoisotopic (exact) mass is 434 g/mol. The van der Waals surface area contributed by atoms with Gasteiger partial charge in [-0.3, -0.25) is 9.78 Å². The first-order valence-electron chi connectivity index (χ1n) is 9.90. The number of hydrogen-bond donors (Lipinski definition) is 0. The maximum atomic E-state index is 13.2. The number of ether oxygens (including phenoxy) is 1. The van der Waals surface area contributed by atoms with Crippen LogP contribution in [0.25, 0.3) is 0 Å². The number of para-hydroxylation sites is 1. The van der Waals surface area contributed by atoms with E-state index < -0.39 is 15.9 Å². The molecule has 0 saturated carbocycles. The molecule has 4 rings (SSSR count). The Hall–Kier alpha value is -3.45. The normalized spacial score (nSPS) is 16.7. The van der Waals surface area contributed by atoms with Crippen LogP contribution in [0.3, 0.4) is 0 Å². The Kier molecular flexibility index (Phi) is 6.13. The lowest BCUT2D eigenvalue weighted by atomic mass is 10.1. The lowest BCUT2D eigenvalue weighted by molar-refractivity contribution is -0.132. The predicted molar refractivity (Wildman–Crippen MR) is 118 cm³/mol. The molecule has 1 aliphatic rings. The fourth-order valence-electron chi connectivity index (χ4n) is 3.45. The third-order valence-corrected chi connectivity index (χ3v) is 6.34. The second-order valence-electron chi connectivity index (χ2n) is 7.34. The van der Waals surface area contributed by atoms with E-state index in [1.807, 2.05) is 66.7 Å². The van der Waals surface area contributed by atoms with Crippen molar-refractivity contribution in [3.05, 3.63) is 102 Å². The number of aromatic nitrogens is 1. The van der Waals surface area contributed by atoms with E-state index in [-0.39, 0.29) is 18.1 Å². The Morgan fingerprint density at radius 3 is 2.42 bits per heavy atom. The summed E-state index contributed by atoms with van der Waals surface area (Å²) in [5.41, 5.74) is 1.69. The van der Waals surface area contributed by atoms with Crippen LogP contribution >= 0.6 is 0 Å². The Morgan fingerprint density at radius 1 is 0.968 bits per heavy atom. The molecule has 0 saturated heterocycles. The zero-order valence-electron chi connectivity index (χ0n) is 16.8. The van der Waals surface area contributed by atoms with Gasteiger partial charge in [0.2, 0.25) is 5.91 Å². The molecule has 0 radical (unpaired) electrons. The maximum Gasteiger partial charge on any atom is 0.227 e. The molecule has 2 aromatic carbocycles. The molecule has 6 nitrogen and oxygen atoms in total. The van der Waals surface area contributed by atoms with Gasteiger partial charge in [0.05, 0.1) is 18.2 Å². The lowest BCUT2D eigenvalue weighted by Crippen LogP contribution is -2.41. The van der Waals surface area contributed by atoms with E-state index >= 15 is 0 Å². The van der Waals surface area contributed by atoms with Crippen molar-refractivity contribution in [3.63, 3.8) is 0 Å². The van der Waals surface area contributed by atoms with Gasteiger partial charge < -0.3 is 9.64 Å². The highest BCUT2D eigenvalue weighted by atomic mass is 32.2. The Labute approximate surface area is 181 Å². The van der Waals surface area contributed by atoms with E-state index in [0.29, 0.717) is 18.0 Å². The largest absolute Gasteiger partial charge is 0.457 e. The fraction of sp³-hybridized carbons (Fsp3) is 0.167. The highest BCUT2D eigenvalue weighted by Crippen LogP contribution is 2.23. The minimum atomic E-state index is -3.29. The summed E-state index contributed by atoms with van der Waals surface area (Å²) >= 11 is 0. The summed E-state index contributed by atoms with van der Waals surface area (Å²) < 4.78 is 29.8. The molecule has 7 heteroatoms. The predicted octanol–water partition coefficient (Wildman–Crippen LogP) is 3.76. The van der Waals surface area contributed by atoms with Gasteiger partial charge in [-0.05, 0) is 53.6 Å². The van der Waals surface area contributed by atoms with E-state index in [0.717, 1.165) is 11.1 Å². The minimum absolute atomic E-state index is 0.0962. The van der Waals surface area contributed by atoms with E-state index in [1.165, 1.54) is 5.41 Å². The number of hydrogen-bond acceptors (Lipinski definition) is 5. The number of amides is 1. The molecule has 1 unspecified atom stereocenters. The number of nitrogens with zero attached hydrogens (tertiary/aromatic N) is 2. The lowest BCUT2D eigenvalue weighted by Gasteiger charge is -2.28. The number of pyridine rings is 1. The van der Waals surface area contributed by atoms with Gasteiger partial charge in [-0.2, -0.15) is 0 Å². The summed E-state index contributed by atoms with van der Waals surface area (Å²) in [6.45, 7) is 0.312. The standard InChI is InChI=1S/C24H22N2O4S/c27-24(16-20-5-4-8-23(15-20)30-22-6-2-1-3-7-22)26(17-19-9-12-25-13-10-19)21-11-14-31(28,29)18-21/h1-15,21H,16-18H2. The van der Waals surface area contributed by atoms with Gasteiger partial charge in [-0.25, -0.2) is 8.42 Å². The highest BCUT2D eigenvalue weighted by molar-refractivity contribution is 7.94. The molecule has 0 bridgehead atoms. The molecule has 31 heavy (non-hydrogen) atoms. The van der Waals surface area contributed by atoms with Crippen LogP contribution < -0.4 is 4.74 Å². The van der Waals surface area contributed by atoms with Crippen molar-refractivity contribution < 1.29 is 17.9 Å². The molecule has 1 atom stereocenters. The summed E-state index contributed by atoms with van der Waals surface area (Å²) in [4.78, 5) is 18.8. The van der Waals surface area contributed by atoms with Gasteiger partial charge in [0.25, 0.3) is 0 Å². The van der Waals surface area contributed by atoms with Crippen LogP contribution in [0.1, 0.15) is 11.1 Å². The fourth-order valence-corrected chi connectivity index (χ4v) is 4.75. The summed E-state index contributed by atoms with van der Waals surface area (Å²) in [5.74, 6) is 1.11. The van der Waals surface area contributed by atoms with E-state index in [1.54, 1.807) is 23.4 Å². The van der Waals surface area contributed by atoms with Crippen LogP contribution in [0.15, 0.2) is 90.6 Å². The van der Waals surface area contributed by atoms with Crippen LogP contribution in [0.2, 0.25) is 0 Å². The topological polar surface area (TPSA) is 76.6 Å².